The smallest absolute Gasteiger partial charge is 0.241 e. The third kappa shape index (κ3) is 6.24. The van der Waals surface area contributed by atoms with Crippen LogP contribution >= 0.6 is 0 Å². The molecule has 0 unspecified atom stereocenters. The number of aromatic nitrogens is 1. The number of aryl methyl sites for hydroxylation is 1. The minimum Gasteiger partial charge on any atom is -0.354 e. The van der Waals surface area contributed by atoms with Gasteiger partial charge in [-0.05, 0) is 30.7 Å². The van der Waals surface area contributed by atoms with Crippen molar-refractivity contribution in [2.24, 2.45) is 5.14 Å². The standard InChI is InChI=1S/C12H13N3O2S.2C2H6/c1-9-3-2-4-10(7-9)15-11-5-6-14-8-12(11)18(13,16)17;2*1-2/h2-8H,1H3,(H,14,15)(H2,13,16,17);2*1-2H3. The average molecular weight is 323 g/mol. The summed E-state index contributed by atoms with van der Waals surface area (Å²) in [7, 11) is -3.79. The Bertz CT molecular complexity index is 671. The van der Waals surface area contributed by atoms with Crippen molar-refractivity contribution in [3.05, 3.63) is 48.3 Å². The molecule has 6 heteroatoms. The van der Waals surface area contributed by atoms with E-state index in [1.165, 1.54) is 12.4 Å². The van der Waals surface area contributed by atoms with Crippen LogP contribution in [0, 0.1) is 6.92 Å². The molecule has 2 rings (SSSR count). The van der Waals surface area contributed by atoms with Crippen molar-refractivity contribution in [3.8, 4) is 0 Å². The number of primary sulfonamides is 1. The molecule has 1 aromatic heterocycles. The average Bonchev–Trinajstić information content (AvgIpc) is 2.51. The first-order chi connectivity index (χ1) is 10.5. The lowest BCUT2D eigenvalue weighted by atomic mass is 10.2. The summed E-state index contributed by atoms with van der Waals surface area (Å²) >= 11 is 0. The lowest BCUT2D eigenvalue weighted by molar-refractivity contribution is 0.598. The Hall–Kier alpha value is -1.92. The Morgan fingerprint density at radius 2 is 1.73 bits per heavy atom. The van der Waals surface area contributed by atoms with Gasteiger partial charge in [-0.15, -0.1) is 0 Å². The summed E-state index contributed by atoms with van der Waals surface area (Å²) in [6.45, 7) is 9.96. The highest BCUT2D eigenvalue weighted by molar-refractivity contribution is 7.89. The van der Waals surface area contributed by atoms with Crippen LogP contribution in [-0.4, -0.2) is 13.4 Å². The molecular weight excluding hydrogens is 298 g/mol. The molecule has 0 saturated heterocycles. The summed E-state index contributed by atoms with van der Waals surface area (Å²) in [6.07, 6.45) is 2.74. The second kappa shape index (κ2) is 9.92. The molecule has 0 radical (unpaired) electrons. The number of nitrogens with two attached hydrogens (primary N) is 1. The maximum absolute atomic E-state index is 11.4. The summed E-state index contributed by atoms with van der Waals surface area (Å²) in [5.41, 5.74) is 2.29. The summed E-state index contributed by atoms with van der Waals surface area (Å²) in [6, 6.07) is 9.17. The molecular formula is C16H25N3O2S. The van der Waals surface area contributed by atoms with Gasteiger partial charge in [-0.1, -0.05) is 39.8 Å². The second-order valence-corrected chi connectivity index (χ2v) is 5.44. The maximum Gasteiger partial charge on any atom is 0.241 e. The van der Waals surface area contributed by atoms with Gasteiger partial charge in [0, 0.05) is 18.1 Å². The third-order valence-electron chi connectivity index (χ3n) is 2.39. The van der Waals surface area contributed by atoms with Gasteiger partial charge in [0.05, 0.1) is 5.69 Å². The van der Waals surface area contributed by atoms with Crippen LogP contribution < -0.4 is 10.5 Å². The van der Waals surface area contributed by atoms with Crippen molar-refractivity contribution >= 4 is 21.4 Å². The third-order valence-corrected chi connectivity index (χ3v) is 3.33. The molecule has 0 aliphatic carbocycles. The number of anilines is 2. The predicted octanol–water partition coefficient (Wildman–Crippen LogP) is 3.83. The highest BCUT2D eigenvalue weighted by Gasteiger charge is 2.13. The highest BCUT2D eigenvalue weighted by Crippen LogP contribution is 2.23. The second-order valence-electron chi connectivity index (χ2n) is 3.91. The van der Waals surface area contributed by atoms with Crippen molar-refractivity contribution in [2.75, 3.05) is 5.32 Å². The molecule has 1 heterocycles. The molecule has 0 saturated carbocycles. The number of rotatable bonds is 3. The Morgan fingerprint density at radius 1 is 1.09 bits per heavy atom. The first kappa shape index (κ1) is 20.1. The number of benzene rings is 1. The molecule has 0 spiro atoms. The first-order valence-electron chi connectivity index (χ1n) is 7.27. The number of hydrogen-bond donors (Lipinski definition) is 2. The summed E-state index contributed by atoms with van der Waals surface area (Å²) < 4.78 is 22.8. The first-order valence-corrected chi connectivity index (χ1v) is 8.82. The van der Waals surface area contributed by atoms with E-state index in [4.69, 9.17) is 5.14 Å². The van der Waals surface area contributed by atoms with E-state index in [1.54, 1.807) is 6.07 Å². The Kier molecular flexibility index (Phi) is 9.05. The monoisotopic (exact) mass is 323 g/mol. The molecule has 1 aromatic carbocycles. The van der Waals surface area contributed by atoms with Gasteiger partial charge in [0.25, 0.3) is 0 Å². The van der Waals surface area contributed by atoms with Crippen LogP contribution in [0.3, 0.4) is 0 Å². The molecule has 2 aromatic rings. The highest BCUT2D eigenvalue weighted by atomic mass is 32.2. The van der Waals surface area contributed by atoms with Gasteiger partial charge < -0.3 is 5.32 Å². The zero-order chi connectivity index (χ0) is 17.2. The zero-order valence-corrected chi connectivity index (χ0v) is 14.6. The van der Waals surface area contributed by atoms with Gasteiger partial charge in [-0.3, -0.25) is 4.98 Å². The van der Waals surface area contributed by atoms with Gasteiger partial charge in [0.15, 0.2) is 0 Å². The number of nitrogens with one attached hydrogen (secondary N) is 1. The largest absolute Gasteiger partial charge is 0.354 e. The van der Waals surface area contributed by atoms with Crippen LogP contribution in [0.5, 0.6) is 0 Å². The Morgan fingerprint density at radius 3 is 2.27 bits per heavy atom. The number of sulfonamides is 1. The van der Waals surface area contributed by atoms with Crippen LogP contribution in [0.1, 0.15) is 33.3 Å². The van der Waals surface area contributed by atoms with Crippen LogP contribution in [0.4, 0.5) is 11.4 Å². The molecule has 0 aliphatic rings. The minimum atomic E-state index is -3.79. The SMILES string of the molecule is CC.CC.Cc1cccc(Nc2ccncc2S(N)(=O)=O)c1. The zero-order valence-electron chi connectivity index (χ0n) is 13.8. The van der Waals surface area contributed by atoms with Crippen molar-refractivity contribution in [3.63, 3.8) is 0 Å². The number of hydrogen-bond acceptors (Lipinski definition) is 4. The summed E-state index contributed by atoms with van der Waals surface area (Å²) in [4.78, 5) is 3.75. The molecule has 0 fully saturated rings. The van der Waals surface area contributed by atoms with E-state index in [9.17, 15) is 8.42 Å². The van der Waals surface area contributed by atoms with Crippen molar-refractivity contribution in [1.29, 1.82) is 0 Å². The number of nitrogens with zero attached hydrogens (tertiary/aromatic N) is 1. The van der Waals surface area contributed by atoms with Gasteiger partial charge in [0.1, 0.15) is 4.90 Å². The van der Waals surface area contributed by atoms with Gasteiger partial charge in [-0.25, -0.2) is 13.6 Å². The van der Waals surface area contributed by atoms with Gasteiger partial charge in [0.2, 0.25) is 10.0 Å². The topological polar surface area (TPSA) is 85.1 Å². The molecule has 22 heavy (non-hydrogen) atoms. The lowest BCUT2D eigenvalue weighted by Crippen LogP contribution is -2.14. The van der Waals surface area contributed by atoms with E-state index in [0.717, 1.165) is 11.3 Å². The fourth-order valence-corrected chi connectivity index (χ4v) is 2.22. The Balaban J connectivity index is 0.00000102. The molecule has 5 nitrogen and oxygen atoms in total. The molecule has 0 amide bonds. The van der Waals surface area contributed by atoms with Crippen molar-refractivity contribution < 1.29 is 8.42 Å². The molecule has 0 bridgehead atoms. The normalized spacial score (nSPS) is 9.73. The van der Waals surface area contributed by atoms with E-state index < -0.39 is 10.0 Å². The van der Waals surface area contributed by atoms with Gasteiger partial charge in [-0.2, -0.15) is 0 Å². The molecule has 0 aliphatic heterocycles. The van der Waals surface area contributed by atoms with Gasteiger partial charge >= 0.3 is 0 Å². The van der Waals surface area contributed by atoms with E-state index in [0.29, 0.717) is 5.69 Å². The van der Waals surface area contributed by atoms with E-state index in [2.05, 4.69) is 10.3 Å². The van der Waals surface area contributed by atoms with Crippen LogP contribution in [0.25, 0.3) is 0 Å². The van der Waals surface area contributed by atoms with Crippen LogP contribution in [0.15, 0.2) is 47.6 Å². The van der Waals surface area contributed by atoms with Crippen molar-refractivity contribution in [1.82, 2.24) is 4.98 Å². The molecule has 0 atom stereocenters. The predicted molar refractivity (Wildman–Crippen MR) is 92.8 cm³/mol. The van der Waals surface area contributed by atoms with Crippen LogP contribution in [-0.2, 0) is 10.0 Å². The van der Waals surface area contributed by atoms with E-state index in [-0.39, 0.29) is 4.90 Å². The lowest BCUT2D eigenvalue weighted by Gasteiger charge is -2.10. The Labute approximate surface area is 133 Å². The van der Waals surface area contributed by atoms with E-state index >= 15 is 0 Å². The molecule has 3 N–H and O–H groups in total. The fourth-order valence-electron chi connectivity index (χ4n) is 1.59. The maximum atomic E-state index is 11.4. The molecule has 122 valence electrons. The van der Waals surface area contributed by atoms with E-state index in [1.807, 2.05) is 58.9 Å². The quantitative estimate of drug-likeness (QED) is 0.899. The van der Waals surface area contributed by atoms with Crippen molar-refractivity contribution in [2.45, 2.75) is 39.5 Å². The fraction of sp³-hybridized carbons (Fsp3) is 0.312. The summed E-state index contributed by atoms with van der Waals surface area (Å²) in [5, 5.41) is 8.15. The summed E-state index contributed by atoms with van der Waals surface area (Å²) in [5.74, 6) is 0. The minimum absolute atomic E-state index is 0.0218. The van der Waals surface area contributed by atoms with Crippen LogP contribution in [0.2, 0.25) is 0 Å². The number of pyridine rings is 1.